The van der Waals surface area contributed by atoms with E-state index in [-0.39, 0.29) is 5.91 Å². The van der Waals surface area contributed by atoms with Crippen molar-refractivity contribution in [1.29, 1.82) is 0 Å². The molecule has 25 heavy (non-hydrogen) atoms. The summed E-state index contributed by atoms with van der Waals surface area (Å²) in [6.07, 6.45) is 1.65. The van der Waals surface area contributed by atoms with Crippen LogP contribution in [0, 0.1) is 13.8 Å². The van der Waals surface area contributed by atoms with Gasteiger partial charge in [-0.3, -0.25) is 4.79 Å². The van der Waals surface area contributed by atoms with E-state index < -0.39 is 0 Å². The SMILES string of the molecule is Cc1cc(C)nc(SCC(=O)NCCCc2nc3ccccc3[nH]2)n1. The number of carbonyl (C=O) groups is 1. The third-order valence-electron chi connectivity index (χ3n) is 3.65. The van der Waals surface area contributed by atoms with Gasteiger partial charge in [0, 0.05) is 24.4 Å². The highest BCUT2D eigenvalue weighted by Gasteiger charge is 2.06. The maximum Gasteiger partial charge on any atom is 0.230 e. The van der Waals surface area contributed by atoms with E-state index in [0.29, 0.717) is 17.5 Å². The highest BCUT2D eigenvalue weighted by Crippen LogP contribution is 2.14. The second-order valence-electron chi connectivity index (χ2n) is 5.88. The number of hydrogen-bond acceptors (Lipinski definition) is 5. The number of benzene rings is 1. The van der Waals surface area contributed by atoms with Crippen molar-refractivity contribution < 1.29 is 4.79 Å². The van der Waals surface area contributed by atoms with E-state index in [1.807, 2.05) is 44.2 Å². The number of rotatable bonds is 7. The Labute approximate surface area is 150 Å². The lowest BCUT2D eigenvalue weighted by Gasteiger charge is -2.05. The molecular weight excluding hydrogens is 334 g/mol. The van der Waals surface area contributed by atoms with Crippen LogP contribution in [0.2, 0.25) is 0 Å². The predicted octanol–water partition coefficient (Wildman–Crippen LogP) is 2.81. The van der Waals surface area contributed by atoms with Gasteiger partial charge >= 0.3 is 0 Å². The summed E-state index contributed by atoms with van der Waals surface area (Å²) < 4.78 is 0. The van der Waals surface area contributed by atoms with Gasteiger partial charge in [-0.15, -0.1) is 0 Å². The zero-order valence-electron chi connectivity index (χ0n) is 14.4. The minimum absolute atomic E-state index is 0.00244. The predicted molar refractivity (Wildman–Crippen MR) is 99.7 cm³/mol. The molecule has 0 saturated carbocycles. The van der Waals surface area contributed by atoms with Gasteiger partial charge in [0.05, 0.1) is 16.8 Å². The molecule has 6 nitrogen and oxygen atoms in total. The number of hydrogen-bond donors (Lipinski definition) is 2. The topological polar surface area (TPSA) is 83.6 Å². The number of thioether (sulfide) groups is 1. The molecular formula is C18H21N5OS. The van der Waals surface area contributed by atoms with Gasteiger partial charge in [-0.05, 0) is 38.5 Å². The Morgan fingerprint density at radius 3 is 2.68 bits per heavy atom. The van der Waals surface area contributed by atoms with Crippen molar-refractivity contribution in [3.63, 3.8) is 0 Å². The van der Waals surface area contributed by atoms with Crippen molar-refractivity contribution in [3.8, 4) is 0 Å². The molecule has 2 aromatic heterocycles. The molecule has 1 aromatic carbocycles. The lowest BCUT2D eigenvalue weighted by atomic mass is 10.3. The first-order valence-electron chi connectivity index (χ1n) is 8.25. The standard InChI is InChI=1S/C18H21N5OS/c1-12-10-13(2)21-18(20-12)25-11-17(24)19-9-5-8-16-22-14-6-3-4-7-15(14)23-16/h3-4,6-7,10H,5,8-9,11H2,1-2H3,(H,19,24)(H,22,23). The third kappa shape index (κ3) is 5.03. The van der Waals surface area contributed by atoms with Gasteiger partial charge in [-0.25, -0.2) is 15.0 Å². The fourth-order valence-corrected chi connectivity index (χ4v) is 3.33. The largest absolute Gasteiger partial charge is 0.355 e. The van der Waals surface area contributed by atoms with Crippen molar-refractivity contribution in [3.05, 3.63) is 47.5 Å². The van der Waals surface area contributed by atoms with Crippen LogP contribution >= 0.6 is 11.8 Å². The summed E-state index contributed by atoms with van der Waals surface area (Å²) in [6, 6.07) is 9.89. The van der Waals surface area contributed by atoms with E-state index in [1.54, 1.807) is 0 Å². The number of para-hydroxylation sites is 2. The van der Waals surface area contributed by atoms with Crippen molar-refractivity contribution in [2.75, 3.05) is 12.3 Å². The number of nitrogens with one attached hydrogen (secondary N) is 2. The molecule has 2 N–H and O–H groups in total. The van der Waals surface area contributed by atoms with Crippen LogP contribution in [-0.2, 0) is 11.2 Å². The summed E-state index contributed by atoms with van der Waals surface area (Å²) in [7, 11) is 0. The summed E-state index contributed by atoms with van der Waals surface area (Å²) in [5.41, 5.74) is 3.86. The highest BCUT2D eigenvalue weighted by molar-refractivity contribution is 7.99. The van der Waals surface area contributed by atoms with E-state index in [1.165, 1.54) is 11.8 Å². The molecule has 0 aliphatic carbocycles. The van der Waals surface area contributed by atoms with Gasteiger partial charge in [0.1, 0.15) is 5.82 Å². The van der Waals surface area contributed by atoms with Crippen LogP contribution in [0.1, 0.15) is 23.6 Å². The molecule has 0 fully saturated rings. The van der Waals surface area contributed by atoms with Crippen LogP contribution in [0.5, 0.6) is 0 Å². The van der Waals surface area contributed by atoms with E-state index >= 15 is 0 Å². The van der Waals surface area contributed by atoms with Gasteiger partial charge in [-0.1, -0.05) is 23.9 Å². The minimum atomic E-state index is -0.00244. The molecule has 3 aromatic rings. The monoisotopic (exact) mass is 355 g/mol. The van der Waals surface area contributed by atoms with E-state index in [0.717, 1.165) is 41.1 Å². The summed E-state index contributed by atoms with van der Waals surface area (Å²) in [6.45, 7) is 4.48. The van der Waals surface area contributed by atoms with E-state index in [4.69, 9.17) is 0 Å². The quantitative estimate of drug-likeness (QED) is 0.387. The fraction of sp³-hybridized carbons (Fsp3) is 0.333. The number of aromatic amines is 1. The number of nitrogens with zero attached hydrogens (tertiary/aromatic N) is 3. The molecule has 7 heteroatoms. The minimum Gasteiger partial charge on any atom is -0.355 e. The Morgan fingerprint density at radius 2 is 1.92 bits per heavy atom. The molecule has 1 amide bonds. The van der Waals surface area contributed by atoms with Crippen LogP contribution in [0.3, 0.4) is 0 Å². The second-order valence-corrected chi connectivity index (χ2v) is 6.82. The number of aromatic nitrogens is 4. The molecule has 0 radical (unpaired) electrons. The van der Waals surface area contributed by atoms with Crippen LogP contribution in [0.25, 0.3) is 11.0 Å². The molecule has 0 atom stereocenters. The molecule has 0 aliphatic heterocycles. The van der Waals surface area contributed by atoms with Gasteiger partial charge in [-0.2, -0.15) is 0 Å². The molecule has 0 aliphatic rings. The first kappa shape index (κ1) is 17.4. The third-order valence-corrected chi connectivity index (χ3v) is 4.49. The van der Waals surface area contributed by atoms with Crippen LogP contribution in [0.4, 0.5) is 0 Å². The van der Waals surface area contributed by atoms with E-state index in [2.05, 4.69) is 25.3 Å². The number of carbonyl (C=O) groups excluding carboxylic acids is 1. The van der Waals surface area contributed by atoms with Crippen molar-refractivity contribution >= 4 is 28.7 Å². The Bertz CT molecular complexity index is 824. The number of fused-ring (bicyclic) bond motifs is 1. The van der Waals surface area contributed by atoms with Crippen LogP contribution < -0.4 is 5.32 Å². The molecule has 130 valence electrons. The molecule has 2 heterocycles. The molecule has 0 bridgehead atoms. The molecule has 3 rings (SSSR count). The zero-order chi connectivity index (χ0) is 17.6. The Hall–Kier alpha value is -2.41. The number of aryl methyl sites for hydroxylation is 3. The zero-order valence-corrected chi connectivity index (χ0v) is 15.2. The number of imidazole rings is 1. The van der Waals surface area contributed by atoms with Gasteiger partial charge in [0.25, 0.3) is 0 Å². The summed E-state index contributed by atoms with van der Waals surface area (Å²) in [5.74, 6) is 1.28. The van der Waals surface area contributed by atoms with Crippen LogP contribution in [0.15, 0.2) is 35.5 Å². The molecule has 0 spiro atoms. The Kier molecular flexibility index (Phi) is 5.65. The Morgan fingerprint density at radius 1 is 1.16 bits per heavy atom. The molecule has 0 saturated heterocycles. The normalized spacial score (nSPS) is 11.0. The number of amides is 1. The van der Waals surface area contributed by atoms with Crippen molar-refractivity contribution in [2.24, 2.45) is 0 Å². The van der Waals surface area contributed by atoms with Gasteiger partial charge in [0.2, 0.25) is 5.91 Å². The van der Waals surface area contributed by atoms with Crippen molar-refractivity contribution in [2.45, 2.75) is 31.8 Å². The highest BCUT2D eigenvalue weighted by atomic mass is 32.2. The molecule has 0 unspecified atom stereocenters. The Balaban J connectivity index is 1.39. The first-order valence-corrected chi connectivity index (χ1v) is 9.24. The average molecular weight is 355 g/mol. The summed E-state index contributed by atoms with van der Waals surface area (Å²) in [5, 5.41) is 3.58. The van der Waals surface area contributed by atoms with Crippen LogP contribution in [-0.4, -0.2) is 38.1 Å². The van der Waals surface area contributed by atoms with Crippen molar-refractivity contribution in [1.82, 2.24) is 25.3 Å². The summed E-state index contributed by atoms with van der Waals surface area (Å²) in [4.78, 5) is 28.4. The van der Waals surface area contributed by atoms with E-state index in [9.17, 15) is 4.79 Å². The maximum atomic E-state index is 11.9. The smallest absolute Gasteiger partial charge is 0.230 e. The summed E-state index contributed by atoms with van der Waals surface area (Å²) >= 11 is 1.36. The second kappa shape index (κ2) is 8.11. The lowest BCUT2D eigenvalue weighted by molar-refractivity contribution is -0.118. The lowest BCUT2D eigenvalue weighted by Crippen LogP contribution is -2.26. The maximum absolute atomic E-state index is 11.9. The fourth-order valence-electron chi connectivity index (χ4n) is 2.55. The number of H-pyrrole nitrogens is 1. The van der Waals surface area contributed by atoms with Gasteiger partial charge < -0.3 is 10.3 Å². The first-order chi connectivity index (χ1) is 12.1. The van der Waals surface area contributed by atoms with Gasteiger partial charge in [0.15, 0.2) is 5.16 Å². The average Bonchev–Trinajstić information content (AvgIpc) is 2.99.